The van der Waals surface area contributed by atoms with E-state index >= 15 is 0 Å². The van der Waals surface area contributed by atoms with Crippen LogP contribution in [0.25, 0.3) is 10.2 Å². The molecular formula is C20H23N3O4S. The summed E-state index contributed by atoms with van der Waals surface area (Å²) in [6.07, 6.45) is 3.54. The van der Waals surface area contributed by atoms with Gasteiger partial charge in [-0.15, -0.1) is 11.3 Å². The molecule has 7 nitrogen and oxygen atoms in total. The van der Waals surface area contributed by atoms with Crippen LogP contribution in [0, 0.1) is 5.92 Å². The summed E-state index contributed by atoms with van der Waals surface area (Å²) < 4.78 is 12.1. The number of fused-ring (bicyclic) bond motifs is 1. The number of nitrogens with one attached hydrogen (secondary N) is 2. The van der Waals surface area contributed by atoms with Crippen LogP contribution < -0.4 is 15.4 Å². The van der Waals surface area contributed by atoms with Gasteiger partial charge in [-0.3, -0.25) is 4.79 Å². The van der Waals surface area contributed by atoms with E-state index in [0.29, 0.717) is 6.61 Å². The van der Waals surface area contributed by atoms with Crippen molar-refractivity contribution >= 4 is 33.6 Å². The van der Waals surface area contributed by atoms with Crippen molar-refractivity contribution in [1.29, 1.82) is 0 Å². The lowest BCUT2D eigenvalue weighted by Gasteiger charge is -2.70. The van der Waals surface area contributed by atoms with E-state index in [4.69, 9.17) is 9.47 Å². The van der Waals surface area contributed by atoms with Crippen LogP contribution in [0.15, 0.2) is 23.7 Å². The van der Waals surface area contributed by atoms with Gasteiger partial charge in [-0.25, -0.2) is 9.78 Å². The molecule has 8 heteroatoms. The molecule has 0 atom stereocenters. The standard InChI is InChI=1S/C20H23N3O4S/c1-2-26-18(25)23-20-8-19(9-20,10-20)22-17(24)12-6-13(7-12)27-14-4-3-5-15-16(14)21-11-28-15/h3-5,11-13H,2,6-10H2,1H3,(H,22,24)(H,23,25)/t12-,13-,19?,20?. The van der Waals surface area contributed by atoms with Crippen molar-refractivity contribution in [2.75, 3.05) is 6.61 Å². The van der Waals surface area contributed by atoms with Gasteiger partial charge in [-0.1, -0.05) is 6.07 Å². The second kappa shape index (κ2) is 6.34. The molecule has 28 heavy (non-hydrogen) atoms. The molecule has 6 rings (SSSR count). The van der Waals surface area contributed by atoms with Crippen LogP contribution in [-0.2, 0) is 9.53 Å². The fourth-order valence-corrected chi connectivity index (χ4v) is 5.50. The van der Waals surface area contributed by atoms with E-state index in [1.54, 1.807) is 18.3 Å². The first-order chi connectivity index (χ1) is 13.5. The van der Waals surface area contributed by atoms with Crippen molar-refractivity contribution in [3.8, 4) is 5.75 Å². The topological polar surface area (TPSA) is 89.6 Å². The molecule has 2 N–H and O–H groups in total. The highest BCUT2D eigenvalue weighted by Gasteiger charge is 2.69. The zero-order valence-corrected chi connectivity index (χ0v) is 16.5. The molecule has 2 amide bonds. The van der Waals surface area contributed by atoms with Gasteiger partial charge in [-0.2, -0.15) is 0 Å². The number of carbonyl (C=O) groups excluding carboxylic acids is 2. The van der Waals surface area contributed by atoms with Gasteiger partial charge >= 0.3 is 6.09 Å². The average Bonchev–Trinajstić information content (AvgIpc) is 3.04. The van der Waals surface area contributed by atoms with Crippen LogP contribution in [0.4, 0.5) is 4.79 Å². The van der Waals surface area contributed by atoms with Gasteiger partial charge in [0.05, 0.1) is 22.4 Å². The van der Waals surface area contributed by atoms with E-state index in [9.17, 15) is 9.59 Å². The van der Waals surface area contributed by atoms with E-state index in [1.165, 1.54) is 0 Å². The number of hydrogen-bond donors (Lipinski definition) is 2. The van der Waals surface area contributed by atoms with Crippen molar-refractivity contribution in [2.45, 2.75) is 56.2 Å². The van der Waals surface area contributed by atoms with Crippen LogP contribution >= 0.6 is 11.3 Å². The normalized spacial score (nSPS) is 32.5. The monoisotopic (exact) mass is 401 g/mol. The van der Waals surface area contributed by atoms with Gasteiger partial charge < -0.3 is 20.1 Å². The highest BCUT2D eigenvalue weighted by molar-refractivity contribution is 7.16. The Bertz CT molecular complexity index is 917. The van der Waals surface area contributed by atoms with Crippen molar-refractivity contribution in [3.05, 3.63) is 23.7 Å². The van der Waals surface area contributed by atoms with Crippen LogP contribution in [0.5, 0.6) is 5.75 Å². The lowest BCUT2D eigenvalue weighted by atomic mass is 9.44. The number of amides is 2. The first-order valence-electron chi connectivity index (χ1n) is 9.76. The summed E-state index contributed by atoms with van der Waals surface area (Å²) in [6.45, 7) is 2.15. The number of thiazole rings is 1. The Kier molecular flexibility index (Phi) is 4.01. The van der Waals surface area contributed by atoms with E-state index in [0.717, 1.165) is 48.1 Å². The number of benzene rings is 1. The maximum atomic E-state index is 12.6. The largest absolute Gasteiger partial charge is 0.488 e. The number of rotatable bonds is 6. The third-order valence-electron chi connectivity index (χ3n) is 6.14. The van der Waals surface area contributed by atoms with E-state index in [1.807, 2.05) is 23.7 Å². The molecular weight excluding hydrogens is 378 g/mol. The summed E-state index contributed by atoms with van der Waals surface area (Å²) in [5, 5.41) is 6.13. The summed E-state index contributed by atoms with van der Waals surface area (Å²) in [7, 11) is 0. The van der Waals surface area contributed by atoms with Crippen molar-refractivity contribution < 1.29 is 19.1 Å². The number of carbonyl (C=O) groups is 2. The van der Waals surface area contributed by atoms with Crippen molar-refractivity contribution in [1.82, 2.24) is 15.6 Å². The number of nitrogens with zero attached hydrogens (tertiary/aromatic N) is 1. The molecule has 2 aromatic rings. The lowest BCUT2D eigenvalue weighted by molar-refractivity contribution is -0.148. The average molecular weight is 401 g/mol. The molecule has 4 aliphatic carbocycles. The first kappa shape index (κ1) is 17.7. The number of aromatic nitrogens is 1. The SMILES string of the molecule is CCOC(=O)NC12CC(NC(=O)[C@H]3C[C@H](Oc4cccc5scnc45)C3)(C1)C2. The summed E-state index contributed by atoms with van der Waals surface area (Å²) in [5.41, 5.74) is 2.42. The molecule has 2 bridgehead atoms. The Morgan fingerprint density at radius 2 is 1.96 bits per heavy atom. The van der Waals surface area contributed by atoms with Gasteiger partial charge in [0.2, 0.25) is 5.91 Å². The van der Waals surface area contributed by atoms with E-state index < -0.39 is 0 Å². The van der Waals surface area contributed by atoms with Gasteiger partial charge in [0.1, 0.15) is 17.4 Å². The highest BCUT2D eigenvalue weighted by Crippen LogP contribution is 2.60. The Balaban J connectivity index is 1.08. The summed E-state index contributed by atoms with van der Waals surface area (Å²) in [5.74, 6) is 0.910. The van der Waals surface area contributed by atoms with Crippen LogP contribution in [0.3, 0.4) is 0 Å². The zero-order valence-electron chi connectivity index (χ0n) is 15.7. The minimum absolute atomic E-state index is 0.00243. The Morgan fingerprint density at radius 3 is 2.71 bits per heavy atom. The number of ether oxygens (including phenoxy) is 2. The summed E-state index contributed by atoms with van der Waals surface area (Å²) in [4.78, 5) is 28.5. The van der Waals surface area contributed by atoms with Gasteiger partial charge in [-0.05, 0) is 51.2 Å². The maximum absolute atomic E-state index is 12.6. The Morgan fingerprint density at radius 1 is 1.21 bits per heavy atom. The molecule has 0 unspecified atom stereocenters. The van der Waals surface area contributed by atoms with Gasteiger partial charge in [0.25, 0.3) is 0 Å². The fourth-order valence-electron chi connectivity index (χ4n) is 4.81. The first-order valence-corrected chi connectivity index (χ1v) is 10.6. The number of alkyl carbamates (subject to hydrolysis) is 1. The van der Waals surface area contributed by atoms with E-state index in [-0.39, 0.29) is 35.1 Å². The third-order valence-corrected chi connectivity index (χ3v) is 6.94. The van der Waals surface area contributed by atoms with E-state index in [2.05, 4.69) is 15.6 Å². The summed E-state index contributed by atoms with van der Waals surface area (Å²) >= 11 is 1.60. The maximum Gasteiger partial charge on any atom is 0.407 e. The van der Waals surface area contributed by atoms with Crippen LogP contribution in [-0.4, -0.2) is 40.8 Å². The number of para-hydroxylation sites is 1. The molecule has 1 aromatic carbocycles. The second-order valence-electron chi connectivity index (χ2n) is 8.29. The van der Waals surface area contributed by atoms with Crippen LogP contribution in [0.1, 0.15) is 39.0 Å². The van der Waals surface area contributed by atoms with Gasteiger partial charge in [0, 0.05) is 11.5 Å². The van der Waals surface area contributed by atoms with Gasteiger partial charge in [0.15, 0.2) is 0 Å². The zero-order chi connectivity index (χ0) is 19.4. The lowest BCUT2D eigenvalue weighted by Crippen LogP contribution is -2.84. The molecule has 148 valence electrons. The predicted molar refractivity (Wildman–Crippen MR) is 104 cm³/mol. The molecule has 0 saturated heterocycles. The minimum atomic E-state index is -0.365. The third kappa shape index (κ3) is 2.90. The summed E-state index contributed by atoms with van der Waals surface area (Å²) in [6, 6.07) is 5.94. The second-order valence-corrected chi connectivity index (χ2v) is 9.18. The molecule has 4 aliphatic rings. The van der Waals surface area contributed by atoms with Crippen molar-refractivity contribution in [2.24, 2.45) is 5.92 Å². The molecule has 1 heterocycles. The Hall–Kier alpha value is -2.35. The van der Waals surface area contributed by atoms with Crippen molar-refractivity contribution in [3.63, 3.8) is 0 Å². The Labute approximate surface area is 166 Å². The fraction of sp³-hybridized carbons (Fsp3) is 0.550. The predicted octanol–water partition coefficient (Wildman–Crippen LogP) is 2.99. The molecule has 1 aromatic heterocycles. The minimum Gasteiger partial charge on any atom is -0.488 e. The number of hydrogen-bond acceptors (Lipinski definition) is 6. The molecule has 4 saturated carbocycles. The molecule has 0 radical (unpaired) electrons. The smallest absolute Gasteiger partial charge is 0.407 e. The molecule has 0 spiro atoms. The molecule has 0 aliphatic heterocycles. The van der Waals surface area contributed by atoms with Crippen LogP contribution in [0.2, 0.25) is 0 Å². The molecule has 4 fully saturated rings. The highest BCUT2D eigenvalue weighted by atomic mass is 32.1. The quantitative estimate of drug-likeness (QED) is 0.777.